The smallest absolute Gasteiger partial charge is 0.0429 e. The van der Waals surface area contributed by atoms with Crippen molar-refractivity contribution in [2.45, 2.75) is 25.3 Å². The number of anilines is 1. The Labute approximate surface area is 112 Å². The van der Waals surface area contributed by atoms with Crippen molar-refractivity contribution in [2.24, 2.45) is 0 Å². The summed E-state index contributed by atoms with van der Waals surface area (Å²) in [5.74, 6) is 0. The highest BCUT2D eigenvalue weighted by Gasteiger charge is 2.18. The summed E-state index contributed by atoms with van der Waals surface area (Å²) < 4.78 is 0. The predicted octanol–water partition coefficient (Wildman–Crippen LogP) is 4.35. The van der Waals surface area contributed by atoms with E-state index in [0.29, 0.717) is 6.04 Å². The Balaban J connectivity index is 1.98. The van der Waals surface area contributed by atoms with Gasteiger partial charge in [0.25, 0.3) is 0 Å². The second-order valence-electron chi connectivity index (χ2n) is 5.34. The highest BCUT2D eigenvalue weighted by Crippen LogP contribution is 2.33. The van der Waals surface area contributed by atoms with E-state index in [4.69, 9.17) is 0 Å². The van der Waals surface area contributed by atoms with Gasteiger partial charge >= 0.3 is 0 Å². The van der Waals surface area contributed by atoms with Crippen LogP contribution in [0.25, 0.3) is 21.5 Å². The van der Waals surface area contributed by atoms with Crippen LogP contribution in [0.5, 0.6) is 0 Å². The number of fused-ring (bicyclic) bond motifs is 3. The molecule has 1 aliphatic carbocycles. The molecule has 0 amide bonds. The van der Waals surface area contributed by atoms with Gasteiger partial charge in [0.05, 0.1) is 0 Å². The third-order valence-electron chi connectivity index (χ3n) is 4.13. The summed E-state index contributed by atoms with van der Waals surface area (Å²) >= 11 is 0. The standard InChI is InChI=1S/C17H16N2/c1-2-7-14-12(4-1)10-17(19-13-5-3-6-13)15-8-9-18-11-16(14)15/h1-2,4,7-11,13,19H,3,5-6H2. The minimum Gasteiger partial charge on any atom is -0.382 e. The molecule has 0 unspecified atom stereocenters. The third kappa shape index (κ3) is 1.75. The van der Waals surface area contributed by atoms with Gasteiger partial charge in [0.2, 0.25) is 0 Å². The molecule has 1 fully saturated rings. The van der Waals surface area contributed by atoms with Gasteiger partial charge in [-0.2, -0.15) is 0 Å². The maximum atomic E-state index is 4.29. The first-order chi connectivity index (χ1) is 9.42. The van der Waals surface area contributed by atoms with Crippen molar-refractivity contribution < 1.29 is 0 Å². The number of benzene rings is 2. The molecule has 2 aromatic carbocycles. The molecule has 0 aliphatic heterocycles. The fourth-order valence-corrected chi connectivity index (χ4v) is 2.84. The molecule has 1 N–H and O–H groups in total. The summed E-state index contributed by atoms with van der Waals surface area (Å²) in [6, 6.07) is 13.6. The number of rotatable bonds is 2. The molecule has 1 saturated carbocycles. The van der Waals surface area contributed by atoms with Gasteiger partial charge in [0.1, 0.15) is 0 Å². The lowest BCUT2D eigenvalue weighted by atomic mass is 9.92. The van der Waals surface area contributed by atoms with Gasteiger partial charge < -0.3 is 5.32 Å². The van der Waals surface area contributed by atoms with Gasteiger partial charge in [-0.1, -0.05) is 24.3 Å². The van der Waals surface area contributed by atoms with Crippen LogP contribution in [-0.2, 0) is 0 Å². The lowest BCUT2D eigenvalue weighted by Crippen LogP contribution is -2.27. The Kier molecular flexibility index (Phi) is 2.41. The third-order valence-corrected chi connectivity index (χ3v) is 4.13. The van der Waals surface area contributed by atoms with Crippen LogP contribution in [0.2, 0.25) is 0 Å². The average molecular weight is 248 g/mol. The number of nitrogens with zero attached hydrogens (tertiary/aromatic N) is 1. The zero-order chi connectivity index (χ0) is 12.7. The molecular weight excluding hydrogens is 232 g/mol. The molecule has 1 heterocycles. The molecule has 0 radical (unpaired) electrons. The van der Waals surface area contributed by atoms with Gasteiger partial charge in [-0.25, -0.2) is 0 Å². The van der Waals surface area contributed by atoms with E-state index in [1.807, 2.05) is 12.4 Å². The highest BCUT2D eigenvalue weighted by molar-refractivity contribution is 6.12. The van der Waals surface area contributed by atoms with E-state index in [2.05, 4.69) is 46.7 Å². The van der Waals surface area contributed by atoms with Crippen molar-refractivity contribution in [3.63, 3.8) is 0 Å². The van der Waals surface area contributed by atoms with Crippen molar-refractivity contribution >= 4 is 27.2 Å². The van der Waals surface area contributed by atoms with E-state index in [0.717, 1.165) is 0 Å². The topological polar surface area (TPSA) is 24.9 Å². The zero-order valence-electron chi connectivity index (χ0n) is 10.8. The van der Waals surface area contributed by atoms with Crippen LogP contribution < -0.4 is 5.32 Å². The van der Waals surface area contributed by atoms with Crippen LogP contribution in [0.1, 0.15) is 19.3 Å². The summed E-state index contributed by atoms with van der Waals surface area (Å²) in [7, 11) is 0. The van der Waals surface area contributed by atoms with Crippen LogP contribution in [0.3, 0.4) is 0 Å². The van der Waals surface area contributed by atoms with E-state index in [-0.39, 0.29) is 0 Å². The fourth-order valence-electron chi connectivity index (χ4n) is 2.84. The first-order valence-electron chi connectivity index (χ1n) is 6.94. The molecule has 1 aliphatic rings. The number of nitrogens with one attached hydrogen (secondary N) is 1. The average Bonchev–Trinajstić information content (AvgIpc) is 2.43. The Bertz CT molecular complexity index is 744. The normalized spacial score (nSPS) is 15.6. The quantitative estimate of drug-likeness (QED) is 0.682. The minimum absolute atomic E-state index is 0.650. The summed E-state index contributed by atoms with van der Waals surface area (Å²) in [5.41, 5.74) is 1.25. The first kappa shape index (κ1) is 10.8. The molecule has 2 nitrogen and oxygen atoms in total. The van der Waals surface area contributed by atoms with E-state index >= 15 is 0 Å². The summed E-state index contributed by atoms with van der Waals surface area (Å²) in [6.07, 6.45) is 7.79. The predicted molar refractivity (Wildman–Crippen MR) is 80.5 cm³/mol. The van der Waals surface area contributed by atoms with Crippen LogP contribution in [0.15, 0.2) is 48.8 Å². The van der Waals surface area contributed by atoms with E-state index in [1.54, 1.807) is 0 Å². The monoisotopic (exact) mass is 248 g/mol. The largest absolute Gasteiger partial charge is 0.382 e. The summed E-state index contributed by atoms with van der Waals surface area (Å²) in [5, 5.41) is 8.77. The molecule has 94 valence electrons. The number of hydrogen-bond acceptors (Lipinski definition) is 2. The van der Waals surface area contributed by atoms with Crippen LogP contribution >= 0.6 is 0 Å². The number of pyridine rings is 1. The lowest BCUT2D eigenvalue weighted by Gasteiger charge is -2.28. The van der Waals surface area contributed by atoms with Crippen LogP contribution in [0.4, 0.5) is 5.69 Å². The molecular formula is C17H16N2. The van der Waals surface area contributed by atoms with Gasteiger partial charge in [-0.05, 0) is 42.2 Å². The first-order valence-corrected chi connectivity index (χ1v) is 6.94. The molecule has 1 aromatic heterocycles. The van der Waals surface area contributed by atoms with Crippen LogP contribution in [0, 0.1) is 0 Å². The highest BCUT2D eigenvalue weighted by atomic mass is 14.9. The van der Waals surface area contributed by atoms with E-state index < -0.39 is 0 Å². The Morgan fingerprint density at radius 1 is 1.00 bits per heavy atom. The van der Waals surface area contributed by atoms with Gasteiger partial charge in [0, 0.05) is 34.9 Å². The molecule has 4 rings (SSSR count). The molecule has 19 heavy (non-hydrogen) atoms. The van der Waals surface area contributed by atoms with Gasteiger partial charge in [-0.15, -0.1) is 0 Å². The zero-order valence-corrected chi connectivity index (χ0v) is 10.8. The minimum atomic E-state index is 0.650. The molecule has 0 spiro atoms. The Morgan fingerprint density at radius 3 is 2.74 bits per heavy atom. The SMILES string of the molecule is c1ccc2c(c1)cc(NC1CCC1)c1ccncc12. The molecule has 0 bridgehead atoms. The van der Waals surface area contributed by atoms with Crippen molar-refractivity contribution in [1.82, 2.24) is 4.98 Å². The number of aromatic nitrogens is 1. The van der Waals surface area contributed by atoms with Crippen molar-refractivity contribution in [1.29, 1.82) is 0 Å². The summed E-state index contributed by atoms with van der Waals surface area (Å²) in [4.78, 5) is 4.29. The lowest BCUT2D eigenvalue weighted by molar-refractivity contribution is 0.446. The Hall–Kier alpha value is -2.09. The van der Waals surface area contributed by atoms with Crippen molar-refractivity contribution in [2.75, 3.05) is 5.32 Å². The second-order valence-corrected chi connectivity index (χ2v) is 5.34. The van der Waals surface area contributed by atoms with Crippen LogP contribution in [-0.4, -0.2) is 11.0 Å². The van der Waals surface area contributed by atoms with E-state index in [1.165, 1.54) is 46.5 Å². The Morgan fingerprint density at radius 2 is 1.89 bits per heavy atom. The summed E-state index contributed by atoms with van der Waals surface area (Å²) in [6.45, 7) is 0. The molecule has 2 heteroatoms. The maximum absolute atomic E-state index is 4.29. The van der Waals surface area contributed by atoms with Gasteiger partial charge in [-0.3, -0.25) is 4.98 Å². The number of hydrogen-bond donors (Lipinski definition) is 1. The maximum Gasteiger partial charge on any atom is 0.0429 e. The van der Waals surface area contributed by atoms with Gasteiger partial charge in [0.15, 0.2) is 0 Å². The van der Waals surface area contributed by atoms with Crippen molar-refractivity contribution in [3.8, 4) is 0 Å². The van der Waals surface area contributed by atoms with E-state index in [9.17, 15) is 0 Å². The molecule has 0 saturated heterocycles. The molecule has 0 atom stereocenters. The molecule has 3 aromatic rings. The fraction of sp³-hybridized carbons (Fsp3) is 0.235. The second kappa shape index (κ2) is 4.23. The van der Waals surface area contributed by atoms with Crippen molar-refractivity contribution in [3.05, 3.63) is 48.8 Å².